The fourth-order valence-corrected chi connectivity index (χ4v) is 4.45. The number of hydrogen-bond acceptors (Lipinski definition) is 7. The maximum atomic E-state index is 11.4. The minimum absolute atomic E-state index is 0.0136. The van der Waals surface area contributed by atoms with Crippen LogP contribution in [0.15, 0.2) is 53.2 Å². The molecular weight excluding hydrogens is 456 g/mol. The van der Waals surface area contributed by atoms with Crippen LogP contribution < -0.4 is 9.64 Å². The molecule has 1 atom stereocenters. The maximum Gasteiger partial charge on any atom is 0.308 e. The number of fused-ring (bicyclic) bond motifs is 1. The summed E-state index contributed by atoms with van der Waals surface area (Å²) in [7, 11) is 0. The molecule has 8 nitrogen and oxygen atoms in total. The quantitative estimate of drug-likeness (QED) is 0.398. The fourth-order valence-electron chi connectivity index (χ4n) is 4.23. The van der Waals surface area contributed by atoms with Gasteiger partial charge in [0.2, 0.25) is 5.82 Å². The summed E-state index contributed by atoms with van der Waals surface area (Å²) >= 11 is 6.37. The van der Waals surface area contributed by atoms with Crippen molar-refractivity contribution in [1.29, 1.82) is 0 Å². The molecule has 3 heterocycles. The van der Waals surface area contributed by atoms with Crippen LogP contribution in [-0.4, -0.2) is 45.4 Å². The molecule has 1 saturated heterocycles. The Hall–Kier alpha value is -3.65. The number of rotatable bonds is 6. The number of carboxylic acid groups (broad SMARTS) is 1. The van der Waals surface area contributed by atoms with E-state index in [2.05, 4.69) is 15.1 Å². The molecule has 4 aromatic rings. The number of benzene rings is 2. The first-order valence-corrected chi connectivity index (χ1v) is 11.4. The third-order valence-electron chi connectivity index (χ3n) is 5.83. The molecule has 1 aliphatic rings. The van der Waals surface area contributed by atoms with Gasteiger partial charge in [-0.3, -0.25) is 4.79 Å². The lowest BCUT2D eigenvalue weighted by molar-refractivity contribution is -0.140. The second kappa shape index (κ2) is 8.95. The molecule has 9 heteroatoms. The van der Waals surface area contributed by atoms with Gasteiger partial charge in [-0.1, -0.05) is 35.0 Å². The van der Waals surface area contributed by atoms with E-state index in [0.29, 0.717) is 47.6 Å². The van der Waals surface area contributed by atoms with E-state index < -0.39 is 5.97 Å². The third-order valence-corrected chi connectivity index (χ3v) is 6.13. The number of carbonyl (C=O) groups is 1. The maximum absolute atomic E-state index is 11.4. The first kappa shape index (κ1) is 22.2. The first-order valence-electron chi connectivity index (χ1n) is 11.1. The van der Waals surface area contributed by atoms with Crippen molar-refractivity contribution < 1.29 is 19.2 Å². The van der Waals surface area contributed by atoms with Crippen molar-refractivity contribution in [2.24, 2.45) is 5.92 Å². The highest BCUT2D eigenvalue weighted by Gasteiger charge is 2.29. The third kappa shape index (κ3) is 4.17. The number of pyridine rings is 1. The molecule has 1 N–H and O–H groups in total. The van der Waals surface area contributed by atoms with E-state index in [4.69, 9.17) is 20.9 Å². The van der Waals surface area contributed by atoms with E-state index >= 15 is 0 Å². The average molecular weight is 479 g/mol. The van der Waals surface area contributed by atoms with Gasteiger partial charge in [-0.2, -0.15) is 4.98 Å². The van der Waals surface area contributed by atoms with Crippen molar-refractivity contribution in [3.05, 3.63) is 53.7 Å². The summed E-state index contributed by atoms with van der Waals surface area (Å²) in [5.41, 5.74) is 1.50. The summed E-state index contributed by atoms with van der Waals surface area (Å²) in [5, 5.41) is 15.9. The van der Waals surface area contributed by atoms with E-state index in [1.165, 1.54) is 0 Å². The Balaban J connectivity index is 1.48. The van der Waals surface area contributed by atoms with Crippen molar-refractivity contribution in [1.82, 2.24) is 15.1 Å². The fraction of sp³-hybridized carbons (Fsp3) is 0.280. The second-order valence-electron chi connectivity index (χ2n) is 8.54. The van der Waals surface area contributed by atoms with E-state index in [-0.39, 0.29) is 12.0 Å². The summed E-state index contributed by atoms with van der Waals surface area (Å²) in [6.45, 7) is 4.97. The van der Waals surface area contributed by atoms with Crippen LogP contribution in [0.25, 0.3) is 33.6 Å². The Morgan fingerprint density at radius 3 is 2.82 bits per heavy atom. The van der Waals surface area contributed by atoms with Crippen LogP contribution in [0.1, 0.15) is 20.3 Å². The van der Waals surface area contributed by atoms with Gasteiger partial charge in [-0.05, 0) is 49.9 Å². The van der Waals surface area contributed by atoms with Gasteiger partial charge >= 0.3 is 5.97 Å². The molecule has 0 radical (unpaired) electrons. The summed E-state index contributed by atoms with van der Waals surface area (Å²) in [6, 6.07) is 13.1. The summed E-state index contributed by atoms with van der Waals surface area (Å²) in [4.78, 5) is 22.6. The molecule has 2 aromatic heterocycles. The first-order chi connectivity index (χ1) is 16.4. The molecule has 1 unspecified atom stereocenters. The summed E-state index contributed by atoms with van der Waals surface area (Å²) in [6.07, 6.45) is 2.34. The Labute approximate surface area is 201 Å². The molecule has 174 valence electrons. The molecular formula is C25H23ClN4O4. The van der Waals surface area contributed by atoms with Crippen LogP contribution in [0.4, 0.5) is 5.82 Å². The molecule has 34 heavy (non-hydrogen) atoms. The average Bonchev–Trinajstić information content (AvgIpc) is 3.50. The molecule has 1 fully saturated rings. The van der Waals surface area contributed by atoms with Crippen molar-refractivity contribution in [3.63, 3.8) is 0 Å². The monoisotopic (exact) mass is 478 g/mol. The number of nitrogens with zero attached hydrogens (tertiary/aromatic N) is 4. The molecule has 5 rings (SSSR count). The smallest absolute Gasteiger partial charge is 0.308 e. The van der Waals surface area contributed by atoms with Crippen molar-refractivity contribution in [2.45, 2.75) is 26.4 Å². The van der Waals surface area contributed by atoms with Crippen LogP contribution in [0.5, 0.6) is 5.75 Å². The second-order valence-corrected chi connectivity index (χ2v) is 8.95. The predicted octanol–water partition coefficient (Wildman–Crippen LogP) is 5.30. The summed E-state index contributed by atoms with van der Waals surface area (Å²) < 4.78 is 11.2. The van der Waals surface area contributed by atoms with Crippen LogP contribution in [0.3, 0.4) is 0 Å². The van der Waals surface area contributed by atoms with E-state index in [1.807, 2.05) is 49.1 Å². The number of aliphatic carboxylic acids is 1. The van der Waals surface area contributed by atoms with Crippen LogP contribution in [0, 0.1) is 5.92 Å². The number of hydrogen-bond donors (Lipinski definition) is 1. The Morgan fingerprint density at radius 2 is 2.09 bits per heavy atom. The molecule has 0 bridgehead atoms. The van der Waals surface area contributed by atoms with Gasteiger partial charge in [0, 0.05) is 35.8 Å². The number of aromatic nitrogens is 3. The molecule has 0 spiro atoms. The van der Waals surface area contributed by atoms with Crippen molar-refractivity contribution in [2.75, 3.05) is 18.0 Å². The molecule has 0 amide bonds. The van der Waals surface area contributed by atoms with Gasteiger partial charge in [0.05, 0.1) is 17.0 Å². The predicted molar refractivity (Wildman–Crippen MR) is 129 cm³/mol. The zero-order valence-corrected chi connectivity index (χ0v) is 19.5. The van der Waals surface area contributed by atoms with Crippen molar-refractivity contribution >= 4 is 34.2 Å². The SMILES string of the molecule is CC(C)Oc1ccc(-c2nc(-c3cccc4c(N5CCC(C(=O)O)C5)nccc34)no2)cc1Cl. The normalized spacial score (nSPS) is 15.9. The van der Waals surface area contributed by atoms with Gasteiger partial charge in [0.1, 0.15) is 11.6 Å². The van der Waals surface area contributed by atoms with Gasteiger partial charge in [0.15, 0.2) is 0 Å². The number of ether oxygens (including phenoxy) is 1. The lowest BCUT2D eigenvalue weighted by atomic mass is 10.0. The zero-order chi connectivity index (χ0) is 23.8. The lowest BCUT2D eigenvalue weighted by Gasteiger charge is -2.19. The van der Waals surface area contributed by atoms with Gasteiger partial charge in [0.25, 0.3) is 5.89 Å². The molecule has 0 aliphatic carbocycles. The molecule has 2 aromatic carbocycles. The summed E-state index contributed by atoms with van der Waals surface area (Å²) in [5.74, 6) is 1.00. The largest absolute Gasteiger partial charge is 0.489 e. The Kier molecular flexibility index (Phi) is 5.83. The topological polar surface area (TPSA) is 102 Å². The highest BCUT2D eigenvalue weighted by Crippen LogP contribution is 2.35. The lowest BCUT2D eigenvalue weighted by Crippen LogP contribution is -2.23. The van der Waals surface area contributed by atoms with E-state index in [1.54, 1.807) is 18.3 Å². The standard InChI is InChI=1S/C25H23ClN4O4/c1-14(2)33-21-7-6-15(12-20(21)26)24-28-22(29-34-24)18-4-3-5-19-17(18)8-10-27-23(19)30-11-9-16(13-30)25(31)32/h3-8,10,12,14,16H,9,11,13H2,1-2H3,(H,31,32). The number of carboxylic acids is 1. The Bertz CT molecular complexity index is 1370. The van der Waals surface area contributed by atoms with Crippen LogP contribution in [-0.2, 0) is 4.79 Å². The van der Waals surface area contributed by atoms with Crippen LogP contribution >= 0.6 is 11.6 Å². The zero-order valence-electron chi connectivity index (χ0n) is 18.7. The van der Waals surface area contributed by atoms with E-state index in [0.717, 1.165) is 22.2 Å². The van der Waals surface area contributed by atoms with E-state index in [9.17, 15) is 9.90 Å². The van der Waals surface area contributed by atoms with Crippen molar-refractivity contribution in [3.8, 4) is 28.6 Å². The minimum atomic E-state index is -0.772. The van der Waals surface area contributed by atoms with Crippen LogP contribution in [0.2, 0.25) is 5.02 Å². The van der Waals surface area contributed by atoms with Gasteiger partial charge in [-0.15, -0.1) is 0 Å². The van der Waals surface area contributed by atoms with Gasteiger partial charge in [-0.25, -0.2) is 4.98 Å². The number of halogens is 1. The van der Waals surface area contributed by atoms with Gasteiger partial charge < -0.3 is 19.3 Å². The highest BCUT2D eigenvalue weighted by molar-refractivity contribution is 6.32. The molecule has 1 aliphatic heterocycles. The highest BCUT2D eigenvalue weighted by atomic mass is 35.5. The number of anilines is 1. The Morgan fingerprint density at radius 1 is 1.24 bits per heavy atom. The minimum Gasteiger partial charge on any atom is -0.489 e. The molecule has 0 saturated carbocycles.